The van der Waals surface area contributed by atoms with E-state index < -0.39 is 5.54 Å². The summed E-state index contributed by atoms with van der Waals surface area (Å²) < 4.78 is 0. The number of hydrogen-bond donors (Lipinski definition) is 2. The summed E-state index contributed by atoms with van der Waals surface area (Å²) in [4.78, 5) is 4.10. The monoisotopic (exact) mass is 151 g/mol. The van der Waals surface area contributed by atoms with Crippen LogP contribution in [-0.4, -0.2) is 4.98 Å². The Balaban J connectivity index is 3.14. The largest absolute Gasteiger partial charge is 0.397 e. The highest BCUT2D eigenvalue weighted by atomic mass is 14.8. The standard InChI is InChI=1S/C8H13N3/c1-8(2,10)7-6(9)4-3-5-11-7/h3-5H,9-10H2,1-2H3. The first kappa shape index (κ1) is 8.01. The van der Waals surface area contributed by atoms with E-state index in [0.29, 0.717) is 5.69 Å². The van der Waals surface area contributed by atoms with Crippen LogP contribution >= 0.6 is 0 Å². The minimum atomic E-state index is -0.453. The molecular weight excluding hydrogens is 138 g/mol. The first-order valence-corrected chi connectivity index (χ1v) is 3.51. The van der Waals surface area contributed by atoms with Crippen molar-refractivity contribution < 1.29 is 0 Å². The van der Waals surface area contributed by atoms with Gasteiger partial charge in [-0.1, -0.05) is 0 Å². The van der Waals surface area contributed by atoms with E-state index in [1.807, 2.05) is 13.8 Å². The summed E-state index contributed by atoms with van der Waals surface area (Å²) in [6, 6.07) is 3.60. The molecule has 0 spiro atoms. The minimum Gasteiger partial charge on any atom is -0.397 e. The van der Waals surface area contributed by atoms with Crippen molar-refractivity contribution in [1.29, 1.82) is 0 Å². The van der Waals surface area contributed by atoms with Crippen molar-refractivity contribution in [1.82, 2.24) is 4.98 Å². The lowest BCUT2D eigenvalue weighted by Gasteiger charge is -2.18. The quantitative estimate of drug-likeness (QED) is 0.625. The number of nitrogens with two attached hydrogens (primary N) is 2. The second kappa shape index (κ2) is 2.51. The molecule has 1 heterocycles. The lowest BCUT2D eigenvalue weighted by molar-refractivity contribution is 0.538. The van der Waals surface area contributed by atoms with Gasteiger partial charge in [0, 0.05) is 6.20 Å². The van der Waals surface area contributed by atoms with Crippen LogP contribution in [0.5, 0.6) is 0 Å². The molecule has 0 aromatic carbocycles. The topological polar surface area (TPSA) is 64.9 Å². The van der Waals surface area contributed by atoms with E-state index >= 15 is 0 Å². The number of anilines is 1. The predicted octanol–water partition coefficient (Wildman–Crippen LogP) is 0.858. The summed E-state index contributed by atoms with van der Waals surface area (Å²) >= 11 is 0. The molecule has 0 fully saturated rings. The van der Waals surface area contributed by atoms with E-state index in [0.717, 1.165) is 5.69 Å². The van der Waals surface area contributed by atoms with Gasteiger partial charge in [-0.2, -0.15) is 0 Å². The SMILES string of the molecule is CC(C)(N)c1ncccc1N. The van der Waals surface area contributed by atoms with Crippen molar-refractivity contribution in [2.75, 3.05) is 5.73 Å². The molecule has 1 aromatic rings. The molecule has 60 valence electrons. The molecule has 3 nitrogen and oxygen atoms in total. The molecule has 0 aliphatic heterocycles. The molecule has 0 saturated carbocycles. The van der Waals surface area contributed by atoms with Crippen LogP contribution in [0, 0.1) is 0 Å². The number of nitrogen functional groups attached to an aromatic ring is 1. The zero-order valence-corrected chi connectivity index (χ0v) is 6.83. The van der Waals surface area contributed by atoms with E-state index in [1.54, 1.807) is 18.3 Å². The Hall–Kier alpha value is -1.09. The number of hydrogen-bond acceptors (Lipinski definition) is 3. The first-order valence-electron chi connectivity index (χ1n) is 3.51. The molecule has 0 unspecified atom stereocenters. The van der Waals surface area contributed by atoms with Gasteiger partial charge in [0.25, 0.3) is 0 Å². The molecule has 0 atom stereocenters. The highest BCUT2D eigenvalue weighted by Gasteiger charge is 2.17. The van der Waals surface area contributed by atoms with Gasteiger partial charge in [0.1, 0.15) is 0 Å². The summed E-state index contributed by atoms with van der Waals surface area (Å²) in [7, 11) is 0. The van der Waals surface area contributed by atoms with Crippen molar-refractivity contribution in [3.63, 3.8) is 0 Å². The van der Waals surface area contributed by atoms with E-state index in [2.05, 4.69) is 4.98 Å². The Labute approximate surface area is 66.4 Å². The third-order valence-corrected chi connectivity index (χ3v) is 1.45. The fourth-order valence-corrected chi connectivity index (χ4v) is 0.956. The zero-order valence-electron chi connectivity index (χ0n) is 6.83. The Morgan fingerprint density at radius 3 is 2.45 bits per heavy atom. The minimum absolute atomic E-state index is 0.453. The summed E-state index contributed by atoms with van der Waals surface area (Å²) in [5.41, 5.74) is 12.4. The van der Waals surface area contributed by atoms with Gasteiger partial charge in [-0.15, -0.1) is 0 Å². The van der Waals surface area contributed by atoms with Gasteiger partial charge in [-0.3, -0.25) is 4.98 Å². The summed E-state index contributed by atoms with van der Waals surface area (Å²) in [6.07, 6.45) is 1.69. The molecule has 4 N–H and O–H groups in total. The maximum absolute atomic E-state index is 5.82. The van der Waals surface area contributed by atoms with Crippen LogP contribution in [0.15, 0.2) is 18.3 Å². The Bertz CT molecular complexity index is 250. The summed E-state index contributed by atoms with van der Waals surface area (Å²) in [5, 5.41) is 0. The molecule has 0 saturated heterocycles. The van der Waals surface area contributed by atoms with Gasteiger partial charge in [0.15, 0.2) is 0 Å². The van der Waals surface area contributed by atoms with Crippen molar-refractivity contribution in [3.8, 4) is 0 Å². The average Bonchev–Trinajstić information content (AvgIpc) is 1.86. The Morgan fingerprint density at radius 2 is 2.09 bits per heavy atom. The van der Waals surface area contributed by atoms with Crippen LogP contribution < -0.4 is 11.5 Å². The van der Waals surface area contributed by atoms with Crippen LogP contribution in [0.1, 0.15) is 19.5 Å². The Kier molecular flexibility index (Phi) is 1.83. The molecular formula is C8H13N3. The molecule has 1 aromatic heterocycles. The normalized spacial score (nSPS) is 11.5. The molecule has 0 aliphatic carbocycles. The predicted molar refractivity (Wildman–Crippen MR) is 45.9 cm³/mol. The average molecular weight is 151 g/mol. The van der Waals surface area contributed by atoms with Crippen molar-refractivity contribution >= 4 is 5.69 Å². The zero-order chi connectivity index (χ0) is 8.48. The Morgan fingerprint density at radius 1 is 1.45 bits per heavy atom. The molecule has 0 bridgehead atoms. The molecule has 0 amide bonds. The lowest BCUT2D eigenvalue weighted by Crippen LogP contribution is -2.30. The molecule has 1 rings (SSSR count). The second-order valence-electron chi connectivity index (χ2n) is 3.16. The number of aromatic nitrogens is 1. The van der Waals surface area contributed by atoms with Crippen molar-refractivity contribution in [2.45, 2.75) is 19.4 Å². The second-order valence-corrected chi connectivity index (χ2v) is 3.16. The summed E-state index contributed by atoms with van der Waals surface area (Å²) in [6.45, 7) is 3.76. The van der Waals surface area contributed by atoms with Crippen LogP contribution in [-0.2, 0) is 5.54 Å². The van der Waals surface area contributed by atoms with Crippen LogP contribution in [0.25, 0.3) is 0 Å². The van der Waals surface area contributed by atoms with Gasteiger partial charge >= 0.3 is 0 Å². The van der Waals surface area contributed by atoms with Gasteiger partial charge in [-0.05, 0) is 26.0 Å². The lowest BCUT2D eigenvalue weighted by atomic mass is 10.0. The van der Waals surface area contributed by atoms with Crippen molar-refractivity contribution in [3.05, 3.63) is 24.0 Å². The fraction of sp³-hybridized carbons (Fsp3) is 0.375. The smallest absolute Gasteiger partial charge is 0.0825 e. The number of pyridine rings is 1. The van der Waals surface area contributed by atoms with Gasteiger partial charge in [0.05, 0.1) is 16.9 Å². The highest BCUT2D eigenvalue weighted by Crippen LogP contribution is 2.19. The van der Waals surface area contributed by atoms with Gasteiger partial charge < -0.3 is 11.5 Å². The maximum atomic E-state index is 5.82. The van der Waals surface area contributed by atoms with E-state index in [1.165, 1.54) is 0 Å². The maximum Gasteiger partial charge on any atom is 0.0825 e. The molecule has 0 aliphatic rings. The van der Waals surface area contributed by atoms with E-state index in [9.17, 15) is 0 Å². The van der Waals surface area contributed by atoms with E-state index in [4.69, 9.17) is 11.5 Å². The van der Waals surface area contributed by atoms with Crippen LogP contribution in [0.2, 0.25) is 0 Å². The van der Waals surface area contributed by atoms with Gasteiger partial charge in [0.2, 0.25) is 0 Å². The molecule has 11 heavy (non-hydrogen) atoms. The third kappa shape index (κ3) is 1.68. The third-order valence-electron chi connectivity index (χ3n) is 1.45. The van der Waals surface area contributed by atoms with Crippen molar-refractivity contribution in [2.24, 2.45) is 5.73 Å². The van der Waals surface area contributed by atoms with Gasteiger partial charge in [-0.25, -0.2) is 0 Å². The van der Waals surface area contributed by atoms with Crippen LogP contribution in [0.4, 0.5) is 5.69 Å². The van der Waals surface area contributed by atoms with Crippen LogP contribution in [0.3, 0.4) is 0 Å². The van der Waals surface area contributed by atoms with E-state index in [-0.39, 0.29) is 0 Å². The summed E-state index contributed by atoms with van der Waals surface area (Å²) in [5.74, 6) is 0. The fourth-order valence-electron chi connectivity index (χ4n) is 0.956. The first-order chi connectivity index (χ1) is 5.02. The highest BCUT2D eigenvalue weighted by molar-refractivity contribution is 5.45. The molecule has 3 heteroatoms. The molecule has 0 radical (unpaired) electrons. The number of rotatable bonds is 1. The number of nitrogens with zero attached hydrogens (tertiary/aromatic N) is 1.